The van der Waals surface area contributed by atoms with E-state index in [-0.39, 0.29) is 17.3 Å². The average molecular weight is 280 g/mol. The lowest BCUT2D eigenvalue weighted by Gasteiger charge is -2.11. The van der Waals surface area contributed by atoms with E-state index in [1.165, 1.54) is 6.92 Å². The molecule has 0 bridgehead atoms. The van der Waals surface area contributed by atoms with E-state index >= 15 is 0 Å². The van der Waals surface area contributed by atoms with Crippen molar-refractivity contribution < 1.29 is 19.5 Å². The molecule has 1 aromatic rings. The van der Waals surface area contributed by atoms with E-state index in [2.05, 4.69) is 0 Å². The fourth-order valence-corrected chi connectivity index (χ4v) is 2.52. The largest absolute Gasteiger partial charge is 0.480 e. The van der Waals surface area contributed by atoms with Crippen molar-refractivity contribution in [1.29, 1.82) is 0 Å². The highest BCUT2D eigenvalue weighted by molar-refractivity contribution is 8.14. The second-order valence-corrected chi connectivity index (χ2v) is 5.76. The van der Waals surface area contributed by atoms with Crippen LogP contribution in [0.2, 0.25) is 0 Å². The molecule has 102 valence electrons. The number of rotatable bonds is 5. The minimum atomic E-state index is -1.14. The Balaban J connectivity index is 2.87. The number of carbonyl (C=O) groups is 3. The Morgan fingerprint density at radius 3 is 2.37 bits per heavy atom. The van der Waals surface area contributed by atoms with Gasteiger partial charge in [0.25, 0.3) is 0 Å². The van der Waals surface area contributed by atoms with Crippen LogP contribution in [0.5, 0.6) is 0 Å². The summed E-state index contributed by atoms with van der Waals surface area (Å²) < 4.78 is 0. The highest BCUT2D eigenvalue weighted by atomic mass is 32.2. The number of hydrogen-bond acceptors (Lipinski definition) is 4. The Hall–Kier alpha value is -1.62. The molecular weight excluding hydrogens is 264 g/mol. The van der Waals surface area contributed by atoms with Gasteiger partial charge in [0.15, 0.2) is 10.9 Å². The van der Waals surface area contributed by atoms with Crippen LogP contribution in [0.4, 0.5) is 0 Å². The maximum absolute atomic E-state index is 12.1. The first-order chi connectivity index (χ1) is 8.81. The van der Waals surface area contributed by atoms with Crippen molar-refractivity contribution in [2.75, 3.05) is 0 Å². The van der Waals surface area contributed by atoms with E-state index in [1.807, 2.05) is 26.0 Å². The van der Waals surface area contributed by atoms with Crippen LogP contribution < -0.4 is 0 Å². The molecule has 1 aromatic carbocycles. The molecule has 0 aliphatic rings. The van der Waals surface area contributed by atoms with Gasteiger partial charge in [0.2, 0.25) is 0 Å². The molecule has 1 rings (SSSR count). The zero-order valence-corrected chi connectivity index (χ0v) is 11.9. The third kappa shape index (κ3) is 4.52. The quantitative estimate of drug-likeness (QED) is 0.839. The molecule has 0 saturated carbocycles. The number of thioether (sulfide) groups is 1. The Morgan fingerprint density at radius 1 is 1.26 bits per heavy atom. The van der Waals surface area contributed by atoms with E-state index in [0.717, 1.165) is 11.1 Å². The topological polar surface area (TPSA) is 71.4 Å². The van der Waals surface area contributed by atoms with Crippen molar-refractivity contribution in [3.63, 3.8) is 0 Å². The molecule has 1 unspecified atom stereocenters. The van der Waals surface area contributed by atoms with Crippen molar-refractivity contribution in [3.05, 3.63) is 34.9 Å². The maximum Gasteiger partial charge on any atom is 0.317 e. The lowest BCUT2D eigenvalue weighted by Crippen LogP contribution is -2.22. The number of carbonyl (C=O) groups excluding carboxylic acids is 2. The van der Waals surface area contributed by atoms with Crippen molar-refractivity contribution in [2.24, 2.45) is 0 Å². The number of carboxylic acid groups (broad SMARTS) is 1. The van der Waals surface area contributed by atoms with E-state index in [1.54, 1.807) is 6.07 Å². The highest BCUT2D eigenvalue weighted by Crippen LogP contribution is 2.20. The van der Waals surface area contributed by atoms with Crippen molar-refractivity contribution >= 4 is 28.6 Å². The molecular formula is C14H16O4S. The second-order valence-electron chi connectivity index (χ2n) is 4.38. The molecule has 0 amide bonds. The molecule has 0 fully saturated rings. The average Bonchev–Trinajstić information content (AvgIpc) is 2.26. The molecule has 1 N–H and O–H groups in total. The third-order valence-corrected chi connectivity index (χ3v) is 3.62. The first-order valence-electron chi connectivity index (χ1n) is 5.81. The van der Waals surface area contributed by atoms with Crippen LogP contribution in [0.3, 0.4) is 0 Å². The van der Waals surface area contributed by atoms with E-state index in [9.17, 15) is 14.4 Å². The molecule has 0 heterocycles. The number of aliphatic carboxylic acids is 1. The molecule has 0 aliphatic carbocycles. The van der Waals surface area contributed by atoms with Crippen LogP contribution in [0.15, 0.2) is 18.2 Å². The molecule has 5 heteroatoms. The molecule has 19 heavy (non-hydrogen) atoms. The normalized spacial score (nSPS) is 11.9. The summed E-state index contributed by atoms with van der Waals surface area (Å²) in [6.45, 7) is 5.03. The van der Waals surface area contributed by atoms with Crippen LogP contribution in [0, 0.1) is 13.8 Å². The summed E-state index contributed by atoms with van der Waals surface area (Å²) in [7, 11) is 0. The van der Waals surface area contributed by atoms with Crippen molar-refractivity contribution in [3.8, 4) is 0 Å². The molecule has 0 saturated heterocycles. The molecule has 1 atom stereocenters. The Labute approximate surface area is 116 Å². The van der Waals surface area contributed by atoms with Gasteiger partial charge in [-0.2, -0.15) is 0 Å². The summed E-state index contributed by atoms with van der Waals surface area (Å²) >= 11 is 0.680. The number of ketones is 1. The Bertz CT molecular complexity index is 522. The molecule has 0 spiro atoms. The number of aryl methyl sites for hydroxylation is 2. The lowest BCUT2D eigenvalue weighted by molar-refractivity contribution is -0.136. The first-order valence-corrected chi connectivity index (χ1v) is 6.69. The number of benzene rings is 1. The van der Waals surface area contributed by atoms with Gasteiger partial charge < -0.3 is 5.11 Å². The monoisotopic (exact) mass is 280 g/mol. The van der Waals surface area contributed by atoms with Gasteiger partial charge in [-0.25, -0.2) is 0 Å². The summed E-state index contributed by atoms with van der Waals surface area (Å²) in [4.78, 5) is 34.1. The van der Waals surface area contributed by atoms with Gasteiger partial charge in [0.1, 0.15) is 5.25 Å². The summed E-state index contributed by atoms with van der Waals surface area (Å²) in [6, 6.07) is 5.39. The summed E-state index contributed by atoms with van der Waals surface area (Å²) in [6.07, 6.45) is -0.177. The van der Waals surface area contributed by atoms with Gasteiger partial charge in [-0.1, -0.05) is 35.5 Å². The Kier molecular flexibility index (Phi) is 5.30. The predicted molar refractivity (Wildman–Crippen MR) is 74.6 cm³/mol. The number of hydrogen-bond donors (Lipinski definition) is 1. The van der Waals surface area contributed by atoms with Crippen LogP contribution in [0.1, 0.15) is 34.8 Å². The standard InChI is InChI=1S/C14H16O4S/c1-8-4-5-11(9(2)6-8)12(16)7-13(14(17)18)19-10(3)15/h4-6,13H,7H2,1-3H3,(H,17,18). The summed E-state index contributed by atoms with van der Waals surface area (Å²) in [5, 5.41) is 7.68. The zero-order chi connectivity index (χ0) is 14.6. The van der Waals surface area contributed by atoms with Crippen LogP contribution >= 0.6 is 11.8 Å². The van der Waals surface area contributed by atoms with Crippen molar-refractivity contribution in [2.45, 2.75) is 32.4 Å². The molecule has 4 nitrogen and oxygen atoms in total. The van der Waals surface area contributed by atoms with E-state index in [0.29, 0.717) is 17.3 Å². The maximum atomic E-state index is 12.1. The van der Waals surface area contributed by atoms with Gasteiger partial charge in [0.05, 0.1) is 0 Å². The minimum absolute atomic E-state index is 0.177. The zero-order valence-electron chi connectivity index (χ0n) is 11.1. The molecule has 0 radical (unpaired) electrons. The summed E-state index contributed by atoms with van der Waals surface area (Å²) in [5.41, 5.74) is 2.38. The SMILES string of the molecule is CC(=O)SC(CC(=O)c1ccc(C)cc1C)C(=O)O. The Morgan fingerprint density at radius 2 is 1.89 bits per heavy atom. The van der Waals surface area contributed by atoms with Gasteiger partial charge in [-0.15, -0.1) is 0 Å². The van der Waals surface area contributed by atoms with Crippen LogP contribution in [-0.2, 0) is 9.59 Å². The van der Waals surface area contributed by atoms with Crippen LogP contribution in [-0.4, -0.2) is 27.2 Å². The highest BCUT2D eigenvalue weighted by Gasteiger charge is 2.24. The van der Waals surface area contributed by atoms with Gasteiger partial charge in [-0.3, -0.25) is 14.4 Å². The molecule has 0 aliphatic heterocycles. The van der Waals surface area contributed by atoms with Crippen LogP contribution in [0.25, 0.3) is 0 Å². The molecule has 0 aromatic heterocycles. The van der Waals surface area contributed by atoms with E-state index < -0.39 is 11.2 Å². The van der Waals surface area contributed by atoms with E-state index in [4.69, 9.17) is 5.11 Å². The first kappa shape index (κ1) is 15.4. The predicted octanol–water partition coefficient (Wildman–Crippen LogP) is 2.61. The lowest BCUT2D eigenvalue weighted by atomic mass is 9.99. The van der Waals surface area contributed by atoms with Gasteiger partial charge >= 0.3 is 5.97 Å². The minimum Gasteiger partial charge on any atom is -0.480 e. The van der Waals surface area contributed by atoms with Gasteiger partial charge in [-0.05, 0) is 19.4 Å². The third-order valence-electron chi connectivity index (χ3n) is 2.64. The van der Waals surface area contributed by atoms with Crippen molar-refractivity contribution in [1.82, 2.24) is 0 Å². The fourth-order valence-electron chi connectivity index (χ4n) is 1.78. The fraction of sp³-hybridized carbons (Fsp3) is 0.357. The summed E-state index contributed by atoms with van der Waals surface area (Å²) in [5.74, 6) is -1.39. The number of Topliss-reactive ketones (excluding diaryl/α,β-unsaturated/α-hetero) is 1. The smallest absolute Gasteiger partial charge is 0.317 e. The number of carboxylic acids is 1. The van der Waals surface area contributed by atoms with Gasteiger partial charge in [0, 0.05) is 18.9 Å². The second kappa shape index (κ2) is 6.52.